The summed E-state index contributed by atoms with van der Waals surface area (Å²) >= 11 is 0. The van der Waals surface area contributed by atoms with E-state index in [4.69, 9.17) is 15.3 Å². The Labute approximate surface area is 115 Å². The molecule has 1 unspecified atom stereocenters. The van der Waals surface area contributed by atoms with Crippen LogP contribution in [0.4, 0.5) is 0 Å². The number of fused-ring (bicyclic) bond motifs is 1. The van der Waals surface area contributed by atoms with Crippen molar-refractivity contribution in [1.82, 2.24) is 5.43 Å². The van der Waals surface area contributed by atoms with Gasteiger partial charge in [0.05, 0.1) is 13.2 Å². The molecule has 0 bridgehead atoms. The Morgan fingerprint density at radius 1 is 1.16 bits per heavy atom. The largest absolute Gasteiger partial charge is 0.490 e. The summed E-state index contributed by atoms with van der Waals surface area (Å²) in [6.07, 6.45) is 3.12. The highest BCUT2D eigenvalue weighted by Gasteiger charge is 2.21. The Kier molecular flexibility index (Phi) is 5.05. The normalized spacial score (nSPS) is 16.2. The van der Waals surface area contributed by atoms with Crippen LogP contribution in [0, 0.1) is 5.92 Å². The van der Waals surface area contributed by atoms with Gasteiger partial charge in [0, 0.05) is 12.5 Å². The van der Waals surface area contributed by atoms with E-state index in [0.29, 0.717) is 12.5 Å². The molecule has 0 spiro atoms. The number of rotatable bonds is 5. The third-order valence-corrected chi connectivity index (χ3v) is 3.83. The average Bonchev–Trinajstić information content (AvgIpc) is 2.69. The summed E-state index contributed by atoms with van der Waals surface area (Å²) in [6, 6.07) is 6.29. The molecule has 19 heavy (non-hydrogen) atoms. The van der Waals surface area contributed by atoms with Crippen LogP contribution in [0.5, 0.6) is 11.5 Å². The number of benzene rings is 1. The number of hydrogen-bond donors (Lipinski definition) is 2. The Hall–Kier alpha value is -1.26. The molecule has 1 heterocycles. The van der Waals surface area contributed by atoms with Crippen LogP contribution in [-0.2, 0) is 0 Å². The van der Waals surface area contributed by atoms with Gasteiger partial charge >= 0.3 is 0 Å². The van der Waals surface area contributed by atoms with Gasteiger partial charge in [-0.3, -0.25) is 11.3 Å². The highest BCUT2D eigenvalue weighted by Crippen LogP contribution is 2.35. The lowest BCUT2D eigenvalue weighted by molar-refractivity contribution is 0.296. The lowest BCUT2D eigenvalue weighted by atomic mass is 9.89. The van der Waals surface area contributed by atoms with E-state index in [2.05, 4.69) is 31.4 Å². The van der Waals surface area contributed by atoms with Crippen LogP contribution in [0.15, 0.2) is 18.2 Å². The first-order chi connectivity index (χ1) is 9.30. The molecule has 0 saturated carbocycles. The molecule has 0 amide bonds. The zero-order chi connectivity index (χ0) is 13.7. The maximum absolute atomic E-state index is 5.74. The van der Waals surface area contributed by atoms with Gasteiger partial charge < -0.3 is 9.47 Å². The minimum absolute atomic E-state index is 0.159. The van der Waals surface area contributed by atoms with Crippen LogP contribution in [-0.4, -0.2) is 13.2 Å². The first kappa shape index (κ1) is 14.2. The second-order valence-corrected chi connectivity index (χ2v) is 4.98. The number of nitrogens with one attached hydrogen (secondary N) is 1. The maximum Gasteiger partial charge on any atom is 0.161 e. The van der Waals surface area contributed by atoms with Gasteiger partial charge in [0.15, 0.2) is 11.5 Å². The van der Waals surface area contributed by atoms with E-state index in [9.17, 15) is 0 Å². The predicted octanol–water partition coefficient (Wildman–Crippen LogP) is 2.79. The molecule has 1 aliphatic heterocycles. The second-order valence-electron chi connectivity index (χ2n) is 4.98. The van der Waals surface area contributed by atoms with Crippen LogP contribution in [0.2, 0.25) is 0 Å². The van der Waals surface area contributed by atoms with Crippen molar-refractivity contribution in [1.29, 1.82) is 0 Å². The monoisotopic (exact) mass is 264 g/mol. The molecule has 4 heteroatoms. The van der Waals surface area contributed by atoms with Crippen molar-refractivity contribution >= 4 is 0 Å². The second kappa shape index (κ2) is 6.78. The van der Waals surface area contributed by atoms with Gasteiger partial charge in [-0.1, -0.05) is 32.8 Å². The van der Waals surface area contributed by atoms with Crippen LogP contribution >= 0.6 is 0 Å². The molecule has 1 aromatic rings. The molecule has 0 aliphatic carbocycles. The quantitative estimate of drug-likeness (QED) is 0.634. The van der Waals surface area contributed by atoms with Gasteiger partial charge in [0.2, 0.25) is 0 Å². The lowest BCUT2D eigenvalue weighted by Gasteiger charge is -2.25. The molecule has 0 fully saturated rings. The van der Waals surface area contributed by atoms with Crippen LogP contribution in [0.3, 0.4) is 0 Å². The number of hydrazine groups is 1. The first-order valence-electron chi connectivity index (χ1n) is 7.15. The van der Waals surface area contributed by atoms with Gasteiger partial charge in [-0.05, 0) is 23.6 Å². The van der Waals surface area contributed by atoms with Crippen molar-refractivity contribution in [2.45, 2.75) is 39.2 Å². The van der Waals surface area contributed by atoms with E-state index in [0.717, 1.165) is 37.4 Å². The zero-order valence-corrected chi connectivity index (χ0v) is 11.8. The van der Waals surface area contributed by atoms with Crippen molar-refractivity contribution < 1.29 is 9.47 Å². The molecular formula is C15H24N2O2. The summed E-state index contributed by atoms with van der Waals surface area (Å²) in [5.41, 5.74) is 4.11. The van der Waals surface area contributed by atoms with E-state index >= 15 is 0 Å². The molecule has 0 radical (unpaired) electrons. The summed E-state index contributed by atoms with van der Waals surface area (Å²) in [7, 11) is 0. The van der Waals surface area contributed by atoms with Gasteiger partial charge in [-0.2, -0.15) is 0 Å². The van der Waals surface area contributed by atoms with Crippen molar-refractivity contribution in [2.75, 3.05) is 13.2 Å². The zero-order valence-electron chi connectivity index (χ0n) is 11.8. The van der Waals surface area contributed by atoms with Crippen molar-refractivity contribution in [3.63, 3.8) is 0 Å². The Morgan fingerprint density at radius 3 is 2.47 bits per heavy atom. The van der Waals surface area contributed by atoms with Crippen LogP contribution in [0.1, 0.15) is 44.7 Å². The molecule has 0 saturated heterocycles. The molecule has 2 rings (SSSR count). The van der Waals surface area contributed by atoms with E-state index in [-0.39, 0.29) is 6.04 Å². The fourth-order valence-corrected chi connectivity index (χ4v) is 2.64. The Bertz CT molecular complexity index is 405. The molecule has 106 valence electrons. The highest BCUT2D eigenvalue weighted by molar-refractivity contribution is 5.44. The molecule has 4 nitrogen and oxygen atoms in total. The summed E-state index contributed by atoms with van der Waals surface area (Å²) in [6.45, 7) is 5.82. The van der Waals surface area contributed by atoms with Crippen molar-refractivity contribution in [3.05, 3.63) is 23.8 Å². The molecule has 1 aromatic carbocycles. The van der Waals surface area contributed by atoms with Crippen molar-refractivity contribution in [3.8, 4) is 11.5 Å². The predicted molar refractivity (Wildman–Crippen MR) is 76.2 cm³/mol. The molecular weight excluding hydrogens is 240 g/mol. The minimum Gasteiger partial charge on any atom is -0.490 e. The first-order valence-corrected chi connectivity index (χ1v) is 7.15. The van der Waals surface area contributed by atoms with Gasteiger partial charge in [0.1, 0.15) is 0 Å². The van der Waals surface area contributed by atoms with Gasteiger partial charge in [-0.15, -0.1) is 0 Å². The van der Waals surface area contributed by atoms with Crippen LogP contribution < -0.4 is 20.7 Å². The summed E-state index contributed by atoms with van der Waals surface area (Å²) in [5, 5.41) is 0. The standard InChI is InChI=1S/C15H24N2O2/c1-3-11(4-2)15(17-16)12-6-7-13-14(10-12)19-9-5-8-18-13/h6-7,10-11,15,17H,3-5,8-9,16H2,1-2H3. The highest BCUT2D eigenvalue weighted by atomic mass is 16.5. The third kappa shape index (κ3) is 3.19. The van der Waals surface area contributed by atoms with Crippen LogP contribution in [0.25, 0.3) is 0 Å². The minimum atomic E-state index is 0.159. The number of ether oxygens (including phenoxy) is 2. The Morgan fingerprint density at radius 2 is 1.84 bits per heavy atom. The number of nitrogens with two attached hydrogens (primary N) is 1. The summed E-state index contributed by atoms with van der Waals surface area (Å²) in [5.74, 6) is 7.93. The van der Waals surface area contributed by atoms with Gasteiger partial charge in [-0.25, -0.2) is 0 Å². The van der Waals surface area contributed by atoms with E-state index in [1.807, 2.05) is 6.07 Å². The molecule has 0 aromatic heterocycles. The van der Waals surface area contributed by atoms with E-state index < -0.39 is 0 Å². The average molecular weight is 264 g/mol. The molecule has 1 aliphatic rings. The van der Waals surface area contributed by atoms with Gasteiger partial charge in [0.25, 0.3) is 0 Å². The number of hydrogen-bond acceptors (Lipinski definition) is 4. The van der Waals surface area contributed by atoms with Crippen molar-refractivity contribution in [2.24, 2.45) is 11.8 Å². The topological polar surface area (TPSA) is 56.5 Å². The SMILES string of the molecule is CCC(CC)C(NN)c1ccc2c(c1)OCCCO2. The fraction of sp³-hybridized carbons (Fsp3) is 0.600. The molecule has 3 N–H and O–H groups in total. The fourth-order valence-electron chi connectivity index (χ4n) is 2.64. The Balaban J connectivity index is 2.26. The molecule has 1 atom stereocenters. The third-order valence-electron chi connectivity index (χ3n) is 3.83. The summed E-state index contributed by atoms with van der Waals surface area (Å²) in [4.78, 5) is 0. The maximum atomic E-state index is 5.74. The van der Waals surface area contributed by atoms with E-state index in [1.165, 1.54) is 5.56 Å². The lowest BCUT2D eigenvalue weighted by Crippen LogP contribution is -2.33. The summed E-state index contributed by atoms with van der Waals surface area (Å²) < 4.78 is 11.4. The van der Waals surface area contributed by atoms with E-state index in [1.54, 1.807) is 0 Å². The smallest absolute Gasteiger partial charge is 0.161 e.